The van der Waals surface area contributed by atoms with E-state index in [-0.39, 0.29) is 18.8 Å². The molecule has 0 aromatic carbocycles. The largest absolute Gasteiger partial charge is 0.368 e. The summed E-state index contributed by atoms with van der Waals surface area (Å²) in [6, 6.07) is 5.02. The molecule has 0 atom stereocenters. The highest BCUT2D eigenvalue weighted by atomic mass is 16.2. The molecule has 2 amide bonds. The number of primary amides is 2. The summed E-state index contributed by atoms with van der Waals surface area (Å²) in [5.41, 5.74) is 10.6. The standard InChI is InChI=1S/C10H11N5O2/c11-4-7-8(2-1-3-14-7)15(5-9(12)16)6-10(13)17/h1-3H,5-6H2,(H2,12,16)(H2,13,17). The maximum Gasteiger partial charge on any atom is 0.236 e. The van der Waals surface area contributed by atoms with Crippen molar-refractivity contribution in [2.45, 2.75) is 0 Å². The zero-order valence-electron chi connectivity index (χ0n) is 8.96. The van der Waals surface area contributed by atoms with E-state index in [0.29, 0.717) is 5.69 Å². The van der Waals surface area contributed by atoms with Crippen LogP contribution in [-0.4, -0.2) is 29.9 Å². The quantitative estimate of drug-likeness (QED) is 0.655. The van der Waals surface area contributed by atoms with Gasteiger partial charge in [0.25, 0.3) is 0 Å². The molecule has 4 N–H and O–H groups in total. The van der Waals surface area contributed by atoms with Gasteiger partial charge in [-0.15, -0.1) is 0 Å². The summed E-state index contributed by atoms with van der Waals surface area (Å²) in [7, 11) is 0. The molecule has 0 aliphatic heterocycles. The van der Waals surface area contributed by atoms with Crippen molar-refractivity contribution in [3.05, 3.63) is 24.0 Å². The van der Waals surface area contributed by atoms with Crippen LogP contribution in [0.3, 0.4) is 0 Å². The Balaban J connectivity index is 3.07. The average Bonchev–Trinajstić information content (AvgIpc) is 2.27. The van der Waals surface area contributed by atoms with Crippen LogP contribution in [0.25, 0.3) is 0 Å². The second-order valence-corrected chi connectivity index (χ2v) is 3.27. The summed E-state index contributed by atoms with van der Waals surface area (Å²) in [5.74, 6) is -1.25. The van der Waals surface area contributed by atoms with Crippen LogP contribution in [-0.2, 0) is 9.59 Å². The summed E-state index contributed by atoms with van der Waals surface area (Å²) in [5, 5.41) is 8.86. The van der Waals surface area contributed by atoms with Gasteiger partial charge in [0, 0.05) is 6.20 Å². The number of amides is 2. The van der Waals surface area contributed by atoms with E-state index in [1.807, 2.05) is 6.07 Å². The van der Waals surface area contributed by atoms with Gasteiger partial charge < -0.3 is 16.4 Å². The van der Waals surface area contributed by atoms with Gasteiger partial charge in [-0.1, -0.05) is 0 Å². The third-order valence-corrected chi connectivity index (χ3v) is 1.93. The zero-order valence-corrected chi connectivity index (χ0v) is 8.96. The van der Waals surface area contributed by atoms with Crippen molar-refractivity contribution in [1.82, 2.24) is 4.98 Å². The van der Waals surface area contributed by atoms with Crippen molar-refractivity contribution >= 4 is 17.5 Å². The van der Waals surface area contributed by atoms with Gasteiger partial charge in [0.1, 0.15) is 6.07 Å². The van der Waals surface area contributed by atoms with E-state index in [9.17, 15) is 9.59 Å². The fourth-order valence-corrected chi connectivity index (χ4v) is 1.34. The van der Waals surface area contributed by atoms with Crippen molar-refractivity contribution in [3.63, 3.8) is 0 Å². The van der Waals surface area contributed by atoms with Crippen LogP contribution < -0.4 is 16.4 Å². The number of carbonyl (C=O) groups excluding carboxylic acids is 2. The minimum atomic E-state index is -0.626. The second-order valence-electron chi connectivity index (χ2n) is 3.27. The molecule has 1 rings (SSSR count). The number of pyridine rings is 1. The second kappa shape index (κ2) is 5.46. The van der Waals surface area contributed by atoms with E-state index in [1.165, 1.54) is 11.1 Å². The molecule has 0 aliphatic rings. The number of nitriles is 1. The molecular weight excluding hydrogens is 222 g/mol. The molecular formula is C10H11N5O2. The van der Waals surface area contributed by atoms with Gasteiger partial charge in [-0.05, 0) is 12.1 Å². The Bertz CT molecular complexity index is 464. The molecule has 0 spiro atoms. The summed E-state index contributed by atoms with van der Waals surface area (Å²) in [6.45, 7) is -0.410. The highest BCUT2D eigenvalue weighted by molar-refractivity contribution is 5.85. The van der Waals surface area contributed by atoms with Crippen LogP contribution in [0.4, 0.5) is 5.69 Å². The predicted octanol–water partition coefficient (Wildman–Crippen LogP) is -1.27. The first-order valence-corrected chi connectivity index (χ1v) is 4.71. The summed E-state index contributed by atoms with van der Waals surface area (Å²) in [6.07, 6.45) is 1.44. The van der Waals surface area contributed by atoms with Gasteiger partial charge in [-0.3, -0.25) is 9.59 Å². The number of nitrogens with two attached hydrogens (primary N) is 2. The first-order valence-electron chi connectivity index (χ1n) is 4.71. The van der Waals surface area contributed by atoms with Crippen LogP contribution in [0, 0.1) is 11.3 Å². The number of anilines is 1. The van der Waals surface area contributed by atoms with Crippen molar-refractivity contribution in [1.29, 1.82) is 5.26 Å². The Hall–Kier alpha value is -2.62. The van der Waals surface area contributed by atoms with E-state index in [4.69, 9.17) is 16.7 Å². The Morgan fingerprint density at radius 3 is 2.41 bits per heavy atom. The predicted molar refractivity (Wildman–Crippen MR) is 59.6 cm³/mol. The van der Waals surface area contributed by atoms with Crippen molar-refractivity contribution < 1.29 is 9.59 Å². The van der Waals surface area contributed by atoms with Gasteiger partial charge >= 0.3 is 0 Å². The molecule has 1 heterocycles. The monoisotopic (exact) mass is 233 g/mol. The van der Waals surface area contributed by atoms with Gasteiger partial charge in [0.2, 0.25) is 11.8 Å². The molecule has 7 heteroatoms. The fourth-order valence-electron chi connectivity index (χ4n) is 1.34. The van der Waals surface area contributed by atoms with Crippen molar-refractivity contribution in [3.8, 4) is 6.07 Å². The van der Waals surface area contributed by atoms with Crippen molar-refractivity contribution in [2.75, 3.05) is 18.0 Å². The molecule has 88 valence electrons. The van der Waals surface area contributed by atoms with E-state index in [1.54, 1.807) is 12.1 Å². The number of carbonyl (C=O) groups is 2. The molecule has 0 unspecified atom stereocenters. The summed E-state index contributed by atoms with van der Waals surface area (Å²) >= 11 is 0. The van der Waals surface area contributed by atoms with Gasteiger partial charge in [-0.25, -0.2) is 4.98 Å². The maximum atomic E-state index is 10.9. The lowest BCUT2D eigenvalue weighted by atomic mass is 10.2. The van der Waals surface area contributed by atoms with Crippen LogP contribution in [0.5, 0.6) is 0 Å². The number of nitrogens with zero attached hydrogens (tertiary/aromatic N) is 3. The molecule has 0 saturated heterocycles. The highest BCUT2D eigenvalue weighted by Gasteiger charge is 2.15. The van der Waals surface area contributed by atoms with Crippen LogP contribution in [0.1, 0.15) is 5.69 Å². The van der Waals surface area contributed by atoms with Crippen molar-refractivity contribution in [2.24, 2.45) is 11.5 Å². The number of hydrogen-bond donors (Lipinski definition) is 2. The fraction of sp³-hybridized carbons (Fsp3) is 0.200. The van der Waals surface area contributed by atoms with E-state index in [0.717, 1.165) is 0 Å². The molecule has 0 aliphatic carbocycles. The molecule has 1 aromatic heterocycles. The topological polar surface area (TPSA) is 126 Å². The summed E-state index contributed by atoms with van der Waals surface area (Å²) in [4.78, 5) is 26.9. The molecule has 7 nitrogen and oxygen atoms in total. The highest BCUT2D eigenvalue weighted by Crippen LogP contribution is 2.16. The Kier molecular flexibility index (Phi) is 4.00. The SMILES string of the molecule is N#Cc1ncccc1N(CC(N)=O)CC(N)=O. The molecule has 0 bridgehead atoms. The third kappa shape index (κ3) is 3.46. The van der Waals surface area contributed by atoms with E-state index in [2.05, 4.69) is 4.98 Å². The van der Waals surface area contributed by atoms with Gasteiger partial charge in [-0.2, -0.15) is 5.26 Å². The van der Waals surface area contributed by atoms with E-state index < -0.39 is 11.8 Å². The zero-order chi connectivity index (χ0) is 12.8. The first kappa shape index (κ1) is 12.4. The minimum Gasteiger partial charge on any atom is -0.368 e. The number of hydrogen-bond acceptors (Lipinski definition) is 5. The van der Waals surface area contributed by atoms with Gasteiger partial charge in [0.05, 0.1) is 18.8 Å². The minimum absolute atomic E-state index is 0.106. The average molecular weight is 233 g/mol. The molecule has 0 saturated carbocycles. The lowest BCUT2D eigenvalue weighted by Gasteiger charge is -2.21. The number of rotatable bonds is 5. The Labute approximate surface area is 97.6 Å². The molecule has 0 radical (unpaired) electrons. The molecule has 17 heavy (non-hydrogen) atoms. The van der Waals surface area contributed by atoms with Crippen LogP contribution >= 0.6 is 0 Å². The lowest BCUT2D eigenvalue weighted by Crippen LogP contribution is -2.40. The first-order chi connectivity index (χ1) is 8.04. The third-order valence-electron chi connectivity index (χ3n) is 1.93. The normalized spacial score (nSPS) is 9.35. The van der Waals surface area contributed by atoms with Crippen LogP contribution in [0.15, 0.2) is 18.3 Å². The summed E-state index contributed by atoms with van der Waals surface area (Å²) < 4.78 is 0. The molecule has 0 fully saturated rings. The van der Waals surface area contributed by atoms with Crippen LogP contribution in [0.2, 0.25) is 0 Å². The van der Waals surface area contributed by atoms with E-state index >= 15 is 0 Å². The number of aromatic nitrogens is 1. The lowest BCUT2D eigenvalue weighted by molar-refractivity contribution is -0.117. The maximum absolute atomic E-state index is 10.9. The molecule has 1 aromatic rings. The Morgan fingerprint density at radius 1 is 1.35 bits per heavy atom. The Morgan fingerprint density at radius 2 is 1.94 bits per heavy atom. The van der Waals surface area contributed by atoms with Gasteiger partial charge in [0.15, 0.2) is 5.69 Å². The smallest absolute Gasteiger partial charge is 0.236 e.